The van der Waals surface area contributed by atoms with Crippen LogP contribution < -0.4 is 5.56 Å². The van der Waals surface area contributed by atoms with E-state index in [4.69, 9.17) is 12.2 Å². The molecule has 0 bridgehead atoms. The van der Waals surface area contributed by atoms with Gasteiger partial charge in [-0.25, -0.2) is 0 Å². The minimum Gasteiger partial charge on any atom is -0.330 e. The molecule has 3 rings (SSSR count). The maximum absolute atomic E-state index is 11.7. The van der Waals surface area contributed by atoms with Crippen molar-refractivity contribution in [2.24, 2.45) is 0 Å². The lowest BCUT2D eigenvalue weighted by Gasteiger charge is -2.02. The fourth-order valence-electron chi connectivity index (χ4n) is 1.81. The van der Waals surface area contributed by atoms with Crippen molar-refractivity contribution < 1.29 is 0 Å². The number of aryl methyl sites for hydroxylation is 1. The molecule has 0 radical (unpaired) electrons. The Morgan fingerprint density at radius 2 is 2.06 bits per heavy atom. The normalized spacial score (nSPS) is 11.1. The molecule has 0 aliphatic rings. The number of benzene rings is 1. The van der Waals surface area contributed by atoms with Crippen molar-refractivity contribution in [2.45, 2.75) is 6.92 Å². The molecular weight excluding hydrogens is 236 g/mol. The second-order valence-corrected chi connectivity index (χ2v) is 4.26. The van der Waals surface area contributed by atoms with Crippen molar-refractivity contribution in [3.05, 3.63) is 38.9 Å². The molecule has 0 saturated carbocycles. The van der Waals surface area contributed by atoms with Gasteiger partial charge in [0.15, 0.2) is 10.3 Å². The summed E-state index contributed by atoms with van der Waals surface area (Å²) in [7, 11) is 0. The first-order valence-electron chi connectivity index (χ1n) is 5.04. The first-order valence-corrected chi connectivity index (χ1v) is 5.45. The third-order valence-corrected chi connectivity index (χ3v) is 2.80. The molecule has 84 valence electrons. The van der Waals surface area contributed by atoms with E-state index < -0.39 is 0 Å². The van der Waals surface area contributed by atoms with Crippen molar-refractivity contribution in [1.29, 1.82) is 0 Å². The van der Waals surface area contributed by atoms with Crippen LogP contribution >= 0.6 is 12.2 Å². The van der Waals surface area contributed by atoms with Gasteiger partial charge in [-0.15, -0.1) is 10.2 Å². The van der Waals surface area contributed by atoms with E-state index in [0.717, 1.165) is 16.5 Å². The Morgan fingerprint density at radius 1 is 1.24 bits per heavy atom. The van der Waals surface area contributed by atoms with Crippen LogP contribution in [0.5, 0.6) is 0 Å². The molecule has 3 aromatic rings. The predicted octanol–water partition coefficient (Wildman–Crippen LogP) is 1.84. The second kappa shape index (κ2) is 3.46. The highest BCUT2D eigenvalue weighted by Gasteiger charge is 2.07. The zero-order chi connectivity index (χ0) is 12.0. The van der Waals surface area contributed by atoms with Crippen molar-refractivity contribution in [3.63, 3.8) is 0 Å². The second-order valence-electron chi connectivity index (χ2n) is 3.85. The van der Waals surface area contributed by atoms with E-state index >= 15 is 0 Å². The molecule has 2 heterocycles. The van der Waals surface area contributed by atoms with Gasteiger partial charge in [0.1, 0.15) is 0 Å². The van der Waals surface area contributed by atoms with Crippen LogP contribution in [0.1, 0.15) is 5.56 Å². The van der Waals surface area contributed by atoms with Gasteiger partial charge in [0, 0.05) is 5.39 Å². The van der Waals surface area contributed by atoms with Crippen LogP contribution in [-0.4, -0.2) is 20.2 Å². The number of rotatable bonds is 0. The first-order chi connectivity index (χ1) is 8.15. The van der Waals surface area contributed by atoms with Crippen molar-refractivity contribution in [2.75, 3.05) is 0 Å². The predicted molar refractivity (Wildman–Crippen MR) is 67.6 cm³/mol. The minimum absolute atomic E-state index is 0.275. The number of hydrogen-bond acceptors (Lipinski definition) is 4. The van der Waals surface area contributed by atoms with Gasteiger partial charge in [-0.3, -0.25) is 9.78 Å². The van der Waals surface area contributed by atoms with Crippen LogP contribution in [0, 0.1) is 11.7 Å². The highest BCUT2D eigenvalue weighted by atomic mass is 32.1. The summed E-state index contributed by atoms with van der Waals surface area (Å²) in [6.07, 6.45) is 0. The quantitative estimate of drug-likeness (QED) is 0.467. The SMILES string of the molecule is Cc1ccc2nnc3c(=O)[nH]c(=S)[nH]c3c2c1. The number of nitrogens with one attached hydrogen (secondary N) is 2. The molecule has 6 heteroatoms. The molecule has 0 saturated heterocycles. The number of aromatic amines is 2. The molecule has 0 amide bonds. The fraction of sp³-hybridized carbons (Fsp3) is 0.0909. The molecule has 0 unspecified atom stereocenters. The van der Waals surface area contributed by atoms with Crippen molar-refractivity contribution >= 4 is 34.2 Å². The molecule has 0 aliphatic heterocycles. The van der Waals surface area contributed by atoms with Crippen LogP contribution in [0.2, 0.25) is 0 Å². The summed E-state index contributed by atoms with van der Waals surface area (Å²) in [5.74, 6) is 0. The lowest BCUT2D eigenvalue weighted by Crippen LogP contribution is -2.10. The monoisotopic (exact) mass is 244 g/mol. The summed E-state index contributed by atoms with van der Waals surface area (Å²) < 4.78 is 0.290. The Balaban J connectivity index is 2.67. The van der Waals surface area contributed by atoms with Crippen LogP contribution in [0.25, 0.3) is 21.9 Å². The number of nitrogens with zero attached hydrogens (tertiary/aromatic N) is 2. The summed E-state index contributed by atoms with van der Waals surface area (Å²) in [5.41, 5.74) is 2.41. The van der Waals surface area contributed by atoms with Gasteiger partial charge in [0.2, 0.25) is 0 Å². The van der Waals surface area contributed by atoms with Crippen LogP contribution in [0.3, 0.4) is 0 Å². The highest BCUT2D eigenvalue weighted by Crippen LogP contribution is 2.18. The van der Waals surface area contributed by atoms with Gasteiger partial charge in [-0.05, 0) is 31.3 Å². The standard InChI is InChI=1S/C11H8N4OS/c1-5-2-3-7-6(4-5)8-9(15-14-7)10(16)13-11(17)12-8/h2-4H,1H3,(H2,12,13,16,17). The van der Waals surface area contributed by atoms with Gasteiger partial charge in [0.25, 0.3) is 5.56 Å². The minimum atomic E-state index is -0.320. The number of aromatic nitrogens is 4. The molecule has 17 heavy (non-hydrogen) atoms. The van der Waals surface area contributed by atoms with E-state index in [-0.39, 0.29) is 11.1 Å². The topological polar surface area (TPSA) is 74.4 Å². The zero-order valence-corrected chi connectivity index (χ0v) is 9.76. The van der Waals surface area contributed by atoms with Gasteiger partial charge in [-0.2, -0.15) is 0 Å². The molecule has 0 aliphatic carbocycles. The molecule has 5 nitrogen and oxygen atoms in total. The average molecular weight is 244 g/mol. The lowest BCUT2D eigenvalue weighted by molar-refractivity contribution is 1.06. The molecule has 0 atom stereocenters. The van der Waals surface area contributed by atoms with Crippen molar-refractivity contribution in [1.82, 2.24) is 20.2 Å². The Bertz CT molecular complexity index is 849. The van der Waals surface area contributed by atoms with Crippen LogP contribution in [0.4, 0.5) is 0 Å². The fourth-order valence-corrected chi connectivity index (χ4v) is 2.01. The Kier molecular flexibility index (Phi) is 2.05. The summed E-state index contributed by atoms with van der Waals surface area (Å²) in [6.45, 7) is 1.98. The molecule has 1 aromatic carbocycles. The molecule has 2 aromatic heterocycles. The summed E-state index contributed by atoms with van der Waals surface area (Å²) in [6, 6.07) is 5.77. The summed E-state index contributed by atoms with van der Waals surface area (Å²) >= 11 is 4.96. The first kappa shape index (κ1) is 10.1. The van der Waals surface area contributed by atoms with Gasteiger partial charge >= 0.3 is 0 Å². The van der Waals surface area contributed by atoms with E-state index in [2.05, 4.69) is 20.2 Å². The maximum atomic E-state index is 11.7. The summed E-state index contributed by atoms with van der Waals surface area (Å²) in [5, 5.41) is 8.78. The van der Waals surface area contributed by atoms with Gasteiger partial charge < -0.3 is 4.98 Å². The number of H-pyrrole nitrogens is 2. The van der Waals surface area contributed by atoms with Crippen LogP contribution in [0.15, 0.2) is 23.0 Å². The van der Waals surface area contributed by atoms with E-state index in [1.807, 2.05) is 25.1 Å². The van der Waals surface area contributed by atoms with E-state index in [0.29, 0.717) is 10.3 Å². The number of hydrogen-bond donors (Lipinski definition) is 2. The van der Waals surface area contributed by atoms with E-state index in [1.54, 1.807) is 0 Å². The third-order valence-electron chi connectivity index (χ3n) is 2.60. The Labute approximate surface area is 101 Å². The Morgan fingerprint density at radius 3 is 2.88 bits per heavy atom. The summed E-state index contributed by atoms with van der Waals surface area (Å²) in [4.78, 5) is 17.1. The van der Waals surface area contributed by atoms with Gasteiger partial charge in [-0.1, -0.05) is 11.6 Å². The smallest absolute Gasteiger partial charge is 0.280 e. The zero-order valence-electron chi connectivity index (χ0n) is 8.94. The van der Waals surface area contributed by atoms with E-state index in [1.165, 1.54) is 0 Å². The van der Waals surface area contributed by atoms with E-state index in [9.17, 15) is 4.79 Å². The van der Waals surface area contributed by atoms with Crippen molar-refractivity contribution in [3.8, 4) is 0 Å². The Hall–Kier alpha value is -2.08. The highest BCUT2D eigenvalue weighted by molar-refractivity contribution is 7.71. The third kappa shape index (κ3) is 1.53. The lowest BCUT2D eigenvalue weighted by atomic mass is 10.1. The molecular formula is C11H8N4OS. The average Bonchev–Trinajstić information content (AvgIpc) is 2.28. The van der Waals surface area contributed by atoms with Crippen LogP contribution in [-0.2, 0) is 0 Å². The largest absolute Gasteiger partial charge is 0.330 e. The maximum Gasteiger partial charge on any atom is 0.280 e. The van der Waals surface area contributed by atoms with Gasteiger partial charge in [0.05, 0.1) is 11.0 Å². The molecule has 0 spiro atoms. The molecule has 0 fully saturated rings. The number of fused-ring (bicyclic) bond motifs is 3. The molecule has 2 N–H and O–H groups in total.